The first-order valence-corrected chi connectivity index (χ1v) is 5.96. The van der Waals surface area contributed by atoms with Gasteiger partial charge >= 0.3 is 0 Å². The molecule has 2 rings (SSSR count). The number of rotatable bonds is 2. The minimum Gasteiger partial charge on any atom is -0.366 e. The lowest BCUT2D eigenvalue weighted by Gasteiger charge is -2.40. The summed E-state index contributed by atoms with van der Waals surface area (Å²) < 4.78 is 13.2. The van der Waals surface area contributed by atoms with Crippen molar-refractivity contribution in [3.63, 3.8) is 0 Å². The van der Waals surface area contributed by atoms with Crippen LogP contribution in [0.5, 0.6) is 0 Å². The molecule has 1 fully saturated rings. The summed E-state index contributed by atoms with van der Waals surface area (Å²) in [5.41, 5.74) is 0.993. The number of hydrogen-bond donors (Lipinski definition) is 1. The monoisotopic (exact) mass is 222 g/mol. The van der Waals surface area contributed by atoms with E-state index in [0.29, 0.717) is 12.1 Å². The molecule has 0 radical (unpaired) electrons. The second kappa shape index (κ2) is 4.83. The summed E-state index contributed by atoms with van der Waals surface area (Å²) in [5.74, 6) is -0.156. The van der Waals surface area contributed by atoms with Crippen LogP contribution in [-0.2, 0) is 0 Å². The molecule has 0 aromatic heterocycles. The predicted octanol–water partition coefficient (Wildman–Crippen LogP) is 2.40. The number of nitrogens with one attached hydrogen (secondary N) is 1. The molecule has 0 aliphatic carbocycles. The lowest BCUT2D eigenvalue weighted by Crippen LogP contribution is -2.55. The second-order valence-electron chi connectivity index (χ2n) is 4.49. The van der Waals surface area contributed by atoms with Crippen LogP contribution in [0.25, 0.3) is 0 Å². The van der Waals surface area contributed by atoms with Crippen molar-refractivity contribution < 1.29 is 4.39 Å². The van der Waals surface area contributed by atoms with Crippen molar-refractivity contribution in [2.24, 2.45) is 0 Å². The number of benzene rings is 1. The van der Waals surface area contributed by atoms with Gasteiger partial charge in [-0.05, 0) is 31.5 Å². The maximum atomic E-state index is 13.2. The molecule has 16 heavy (non-hydrogen) atoms. The Bertz CT molecular complexity index is 354. The van der Waals surface area contributed by atoms with Crippen molar-refractivity contribution in [2.75, 3.05) is 18.0 Å². The van der Waals surface area contributed by atoms with E-state index in [1.807, 2.05) is 6.07 Å². The second-order valence-corrected chi connectivity index (χ2v) is 4.49. The fourth-order valence-electron chi connectivity index (χ4n) is 2.22. The molecule has 0 bridgehead atoms. The molecule has 0 saturated carbocycles. The molecule has 88 valence electrons. The maximum absolute atomic E-state index is 13.2. The van der Waals surface area contributed by atoms with Crippen molar-refractivity contribution in [2.45, 2.75) is 32.4 Å². The van der Waals surface area contributed by atoms with Crippen LogP contribution in [0.2, 0.25) is 0 Å². The Morgan fingerprint density at radius 1 is 1.50 bits per heavy atom. The molecular formula is C13H19FN2. The molecule has 1 aromatic rings. The highest BCUT2D eigenvalue weighted by Gasteiger charge is 2.23. The normalized spacial score (nSPS) is 25.8. The van der Waals surface area contributed by atoms with Crippen molar-refractivity contribution in [3.8, 4) is 0 Å². The van der Waals surface area contributed by atoms with Crippen molar-refractivity contribution in [1.82, 2.24) is 5.32 Å². The average Bonchev–Trinajstić information content (AvgIpc) is 2.30. The zero-order valence-electron chi connectivity index (χ0n) is 9.91. The standard InChI is InChI=1S/C13H19FN2/c1-3-12-9-16(10(2)8-15-12)13-6-4-5-11(14)7-13/h4-7,10,12,15H,3,8-9H2,1-2H3. The van der Waals surface area contributed by atoms with E-state index in [2.05, 4.69) is 24.1 Å². The molecule has 1 heterocycles. The van der Waals surface area contributed by atoms with Gasteiger partial charge in [-0.3, -0.25) is 0 Å². The van der Waals surface area contributed by atoms with Gasteiger partial charge in [0.25, 0.3) is 0 Å². The summed E-state index contributed by atoms with van der Waals surface area (Å²) in [5, 5.41) is 3.50. The number of halogens is 1. The van der Waals surface area contributed by atoms with E-state index in [1.165, 1.54) is 6.07 Å². The first kappa shape index (κ1) is 11.4. The smallest absolute Gasteiger partial charge is 0.125 e. The number of piperazine rings is 1. The van der Waals surface area contributed by atoms with Gasteiger partial charge in [0, 0.05) is 30.9 Å². The summed E-state index contributed by atoms with van der Waals surface area (Å²) >= 11 is 0. The predicted molar refractivity (Wildman–Crippen MR) is 65.3 cm³/mol. The van der Waals surface area contributed by atoms with E-state index in [-0.39, 0.29) is 5.82 Å². The van der Waals surface area contributed by atoms with Gasteiger partial charge in [-0.15, -0.1) is 0 Å². The molecular weight excluding hydrogens is 203 g/mol. The molecule has 2 nitrogen and oxygen atoms in total. The highest BCUT2D eigenvalue weighted by molar-refractivity contribution is 5.48. The van der Waals surface area contributed by atoms with Gasteiger partial charge < -0.3 is 10.2 Å². The third kappa shape index (κ3) is 2.35. The lowest BCUT2D eigenvalue weighted by atomic mass is 10.1. The van der Waals surface area contributed by atoms with Crippen LogP contribution in [-0.4, -0.2) is 25.2 Å². The largest absolute Gasteiger partial charge is 0.366 e. The van der Waals surface area contributed by atoms with Gasteiger partial charge in [-0.2, -0.15) is 0 Å². The first-order chi connectivity index (χ1) is 7.70. The number of nitrogens with zero attached hydrogens (tertiary/aromatic N) is 1. The van der Waals surface area contributed by atoms with Gasteiger partial charge in [-0.25, -0.2) is 4.39 Å². The molecule has 1 aliphatic rings. The Balaban J connectivity index is 2.17. The van der Waals surface area contributed by atoms with Crippen LogP contribution in [0.4, 0.5) is 10.1 Å². The van der Waals surface area contributed by atoms with Gasteiger partial charge in [0.05, 0.1) is 0 Å². The topological polar surface area (TPSA) is 15.3 Å². The fourth-order valence-corrected chi connectivity index (χ4v) is 2.22. The Labute approximate surface area is 96.5 Å². The van der Waals surface area contributed by atoms with Crippen LogP contribution >= 0.6 is 0 Å². The number of anilines is 1. The third-order valence-electron chi connectivity index (χ3n) is 3.28. The van der Waals surface area contributed by atoms with Gasteiger partial charge in [0.1, 0.15) is 5.82 Å². The Morgan fingerprint density at radius 2 is 2.31 bits per heavy atom. The summed E-state index contributed by atoms with van der Waals surface area (Å²) in [6, 6.07) is 7.81. The highest BCUT2D eigenvalue weighted by Crippen LogP contribution is 2.21. The van der Waals surface area contributed by atoms with Crippen molar-refractivity contribution >= 4 is 5.69 Å². The van der Waals surface area contributed by atoms with Crippen LogP contribution in [0.1, 0.15) is 20.3 Å². The van der Waals surface area contributed by atoms with E-state index in [4.69, 9.17) is 0 Å². The summed E-state index contributed by atoms with van der Waals surface area (Å²) in [7, 11) is 0. The molecule has 0 spiro atoms. The first-order valence-electron chi connectivity index (χ1n) is 5.96. The summed E-state index contributed by atoms with van der Waals surface area (Å²) in [4.78, 5) is 2.29. The van der Waals surface area contributed by atoms with Crippen LogP contribution < -0.4 is 10.2 Å². The van der Waals surface area contributed by atoms with E-state index in [1.54, 1.807) is 12.1 Å². The van der Waals surface area contributed by atoms with E-state index in [9.17, 15) is 4.39 Å². The zero-order chi connectivity index (χ0) is 11.5. The van der Waals surface area contributed by atoms with Gasteiger partial charge in [0.15, 0.2) is 0 Å². The lowest BCUT2D eigenvalue weighted by molar-refractivity contribution is 0.397. The number of hydrogen-bond acceptors (Lipinski definition) is 2. The Hall–Kier alpha value is -1.09. The molecule has 1 N–H and O–H groups in total. The van der Waals surface area contributed by atoms with Crippen LogP contribution in [0.15, 0.2) is 24.3 Å². The molecule has 1 aliphatic heterocycles. The summed E-state index contributed by atoms with van der Waals surface area (Å²) in [6.07, 6.45) is 1.11. The molecule has 2 atom stereocenters. The van der Waals surface area contributed by atoms with Crippen LogP contribution in [0.3, 0.4) is 0 Å². The molecule has 3 heteroatoms. The van der Waals surface area contributed by atoms with Gasteiger partial charge in [0.2, 0.25) is 0 Å². The van der Waals surface area contributed by atoms with Crippen LogP contribution in [0, 0.1) is 5.82 Å². The fraction of sp³-hybridized carbons (Fsp3) is 0.538. The average molecular weight is 222 g/mol. The molecule has 1 saturated heterocycles. The minimum atomic E-state index is -0.156. The van der Waals surface area contributed by atoms with E-state index < -0.39 is 0 Å². The van der Waals surface area contributed by atoms with E-state index in [0.717, 1.165) is 25.2 Å². The quantitative estimate of drug-likeness (QED) is 0.826. The molecule has 1 aromatic carbocycles. The molecule has 2 unspecified atom stereocenters. The van der Waals surface area contributed by atoms with Crippen molar-refractivity contribution in [1.29, 1.82) is 0 Å². The Morgan fingerprint density at radius 3 is 3.00 bits per heavy atom. The molecule has 0 amide bonds. The highest BCUT2D eigenvalue weighted by atomic mass is 19.1. The maximum Gasteiger partial charge on any atom is 0.125 e. The van der Waals surface area contributed by atoms with Gasteiger partial charge in [-0.1, -0.05) is 13.0 Å². The zero-order valence-corrected chi connectivity index (χ0v) is 9.91. The third-order valence-corrected chi connectivity index (χ3v) is 3.28. The minimum absolute atomic E-state index is 0.156. The summed E-state index contributed by atoms with van der Waals surface area (Å²) in [6.45, 7) is 6.28. The SMILES string of the molecule is CCC1CN(c2cccc(F)c2)C(C)CN1. The van der Waals surface area contributed by atoms with Crippen molar-refractivity contribution in [3.05, 3.63) is 30.1 Å². The van der Waals surface area contributed by atoms with E-state index >= 15 is 0 Å². The Kier molecular flexibility index (Phi) is 3.44.